The number of pyridine rings is 2. The van der Waals surface area contributed by atoms with Crippen LogP contribution in [0.15, 0.2) is 48.8 Å². The summed E-state index contributed by atoms with van der Waals surface area (Å²) in [6.45, 7) is 0.900. The lowest BCUT2D eigenvalue weighted by atomic mass is 10.0. The zero-order chi connectivity index (χ0) is 17.6. The number of fused-ring (bicyclic) bond motifs is 1. The van der Waals surface area contributed by atoms with E-state index in [0.717, 1.165) is 27.8 Å². The Morgan fingerprint density at radius 3 is 2.60 bits per heavy atom. The molecule has 0 aliphatic rings. The summed E-state index contributed by atoms with van der Waals surface area (Å²) < 4.78 is 10.1. The zero-order valence-electron chi connectivity index (χ0n) is 14.2. The van der Waals surface area contributed by atoms with Gasteiger partial charge in [-0.15, -0.1) is 0 Å². The fourth-order valence-corrected chi connectivity index (χ4v) is 2.51. The van der Waals surface area contributed by atoms with Gasteiger partial charge >= 0.3 is 0 Å². The van der Waals surface area contributed by atoms with Crippen LogP contribution in [0.1, 0.15) is 10.5 Å². The molecule has 6 heteroatoms. The molecule has 0 fully saturated rings. The van der Waals surface area contributed by atoms with Crippen molar-refractivity contribution in [2.45, 2.75) is 0 Å². The molecule has 2 heterocycles. The van der Waals surface area contributed by atoms with Gasteiger partial charge < -0.3 is 14.8 Å². The van der Waals surface area contributed by atoms with Gasteiger partial charge in [0.1, 0.15) is 11.4 Å². The van der Waals surface area contributed by atoms with Gasteiger partial charge in [-0.05, 0) is 29.8 Å². The molecule has 2 aromatic heterocycles. The van der Waals surface area contributed by atoms with Crippen LogP contribution in [-0.2, 0) is 4.74 Å². The molecule has 6 nitrogen and oxygen atoms in total. The average molecular weight is 337 g/mol. The number of amides is 1. The van der Waals surface area contributed by atoms with Crippen molar-refractivity contribution in [2.75, 3.05) is 27.4 Å². The molecule has 3 rings (SSSR count). The van der Waals surface area contributed by atoms with Crippen LogP contribution < -0.4 is 10.1 Å². The first-order chi connectivity index (χ1) is 12.2. The third-order valence-corrected chi connectivity index (χ3v) is 3.82. The van der Waals surface area contributed by atoms with E-state index in [-0.39, 0.29) is 5.91 Å². The summed E-state index contributed by atoms with van der Waals surface area (Å²) in [4.78, 5) is 21.1. The Morgan fingerprint density at radius 1 is 1.08 bits per heavy atom. The summed E-state index contributed by atoms with van der Waals surface area (Å²) in [5.41, 5.74) is 2.93. The quantitative estimate of drug-likeness (QED) is 0.700. The summed E-state index contributed by atoms with van der Waals surface area (Å²) >= 11 is 0. The van der Waals surface area contributed by atoms with Crippen LogP contribution >= 0.6 is 0 Å². The molecule has 0 aliphatic heterocycles. The molecule has 1 N–H and O–H groups in total. The van der Waals surface area contributed by atoms with E-state index in [1.165, 1.54) is 0 Å². The highest BCUT2D eigenvalue weighted by Gasteiger charge is 2.11. The predicted octanol–water partition coefficient (Wildman–Crippen LogP) is 2.68. The number of hydrogen-bond acceptors (Lipinski definition) is 5. The number of methoxy groups -OCH3 is 2. The minimum atomic E-state index is -0.226. The number of carbonyl (C=O) groups excluding carboxylic acids is 1. The van der Waals surface area contributed by atoms with Crippen molar-refractivity contribution in [3.8, 4) is 16.9 Å². The Hall–Kier alpha value is -2.99. The molecule has 0 radical (unpaired) electrons. The van der Waals surface area contributed by atoms with Crippen molar-refractivity contribution in [1.29, 1.82) is 0 Å². The largest absolute Gasteiger partial charge is 0.497 e. The summed E-state index contributed by atoms with van der Waals surface area (Å²) in [5, 5.41) is 3.66. The lowest BCUT2D eigenvalue weighted by Gasteiger charge is -2.09. The number of carbonyl (C=O) groups is 1. The van der Waals surface area contributed by atoms with Crippen LogP contribution in [0.3, 0.4) is 0 Å². The van der Waals surface area contributed by atoms with Gasteiger partial charge in [0.15, 0.2) is 0 Å². The number of nitrogens with one attached hydrogen (secondary N) is 1. The van der Waals surface area contributed by atoms with Crippen molar-refractivity contribution in [2.24, 2.45) is 0 Å². The van der Waals surface area contributed by atoms with Crippen LogP contribution in [0.4, 0.5) is 0 Å². The molecule has 1 amide bonds. The molecule has 0 spiro atoms. The third-order valence-electron chi connectivity index (χ3n) is 3.82. The molecule has 0 bridgehead atoms. The second-order valence-corrected chi connectivity index (χ2v) is 5.43. The maximum atomic E-state index is 12.2. The number of hydrogen-bond donors (Lipinski definition) is 1. The van der Waals surface area contributed by atoms with Crippen LogP contribution in [0.25, 0.3) is 22.0 Å². The van der Waals surface area contributed by atoms with Crippen molar-refractivity contribution >= 4 is 16.8 Å². The van der Waals surface area contributed by atoms with Gasteiger partial charge in [0, 0.05) is 37.0 Å². The molecule has 0 saturated heterocycles. The maximum Gasteiger partial charge on any atom is 0.269 e. The van der Waals surface area contributed by atoms with Gasteiger partial charge in [-0.3, -0.25) is 9.78 Å². The van der Waals surface area contributed by atoms with Crippen LogP contribution in [0, 0.1) is 0 Å². The lowest BCUT2D eigenvalue weighted by molar-refractivity contribution is 0.0932. The third kappa shape index (κ3) is 3.75. The zero-order valence-corrected chi connectivity index (χ0v) is 14.2. The number of rotatable bonds is 6. The van der Waals surface area contributed by atoms with Gasteiger partial charge in [-0.2, -0.15) is 0 Å². The standard InChI is InChI=1S/C19H19N3O3/c1-24-10-9-21-19(23)17-8-5-14-11-20-12-16(18(14)22-17)13-3-6-15(25-2)7-4-13/h3-8,11-12H,9-10H2,1-2H3,(H,21,23). The molecule has 1 aromatic carbocycles. The first-order valence-corrected chi connectivity index (χ1v) is 7.89. The van der Waals surface area contributed by atoms with E-state index in [2.05, 4.69) is 15.3 Å². The smallest absolute Gasteiger partial charge is 0.269 e. The average Bonchev–Trinajstić information content (AvgIpc) is 2.67. The van der Waals surface area contributed by atoms with Crippen LogP contribution in [0.5, 0.6) is 5.75 Å². The summed E-state index contributed by atoms with van der Waals surface area (Å²) in [6, 6.07) is 11.2. The molecule has 0 unspecified atom stereocenters. The highest BCUT2D eigenvalue weighted by molar-refractivity contribution is 5.98. The molecule has 25 heavy (non-hydrogen) atoms. The highest BCUT2D eigenvalue weighted by atomic mass is 16.5. The molecule has 128 valence electrons. The van der Waals surface area contributed by atoms with Gasteiger partial charge in [0.05, 0.1) is 19.2 Å². The maximum absolute atomic E-state index is 12.2. The molecule has 0 atom stereocenters. The fraction of sp³-hybridized carbons (Fsp3) is 0.211. The Morgan fingerprint density at radius 2 is 1.88 bits per heavy atom. The Kier molecular flexibility index (Phi) is 5.20. The first-order valence-electron chi connectivity index (χ1n) is 7.89. The molecular weight excluding hydrogens is 318 g/mol. The molecule has 3 aromatic rings. The van der Waals surface area contributed by atoms with Crippen LogP contribution in [-0.4, -0.2) is 43.2 Å². The van der Waals surface area contributed by atoms with Crippen molar-refractivity contribution in [3.05, 3.63) is 54.5 Å². The van der Waals surface area contributed by atoms with E-state index in [4.69, 9.17) is 9.47 Å². The van der Waals surface area contributed by atoms with E-state index in [1.807, 2.05) is 30.3 Å². The Balaban J connectivity index is 1.98. The number of benzene rings is 1. The highest BCUT2D eigenvalue weighted by Crippen LogP contribution is 2.28. The first kappa shape index (κ1) is 16.9. The van der Waals surface area contributed by atoms with E-state index in [9.17, 15) is 4.79 Å². The minimum absolute atomic E-state index is 0.226. The summed E-state index contributed by atoms with van der Waals surface area (Å²) in [6.07, 6.45) is 3.49. The summed E-state index contributed by atoms with van der Waals surface area (Å²) in [5.74, 6) is 0.555. The van der Waals surface area contributed by atoms with Crippen LogP contribution in [0.2, 0.25) is 0 Å². The van der Waals surface area contributed by atoms with Gasteiger partial charge in [-0.25, -0.2) is 4.98 Å². The minimum Gasteiger partial charge on any atom is -0.497 e. The predicted molar refractivity (Wildman–Crippen MR) is 95.7 cm³/mol. The molecule has 0 aliphatic carbocycles. The van der Waals surface area contributed by atoms with Crippen molar-refractivity contribution in [3.63, 3.8) is 0 Å². The lowest BCUT2D eigenvalue weighted by Crippen LogP contribution is -2.27. The summed E-state index contributed by atoms with van der Waals surface area (Å²) in [7, 11) is 3.22. The Bertz CT molecular complexity index is 879. The van der Waals surface area contributed by atoms with E-state index < -0.39 is 0 Å². The SMILES string of the molecule is COCCNC(=O)c1ccc2cncc(-c3ccc(OC)cc3)c2n1. The van der Waals surface area contributed by atoms with Crippen molar-refractivity contribution in [1.82, 2.24) is 15.3 Å². The van der Waals surface area contributed by atoms with Crippen molar-refractivity contribution < 1.29 is 14.3 Å². The second kappa shape index (κ2) is 7.72. The second-order valence-electron chi connectivity index (χ2n) is 5.43. The van der Waals surface area contributed by atoms with Gasteiger partial charge in [0.25, 0.3) is 5.91 Å². The van der Waals surface area contributed by atoms with Gasteiger partial charge in [-0.1, -0.05) is 12.1 Å². The fourth-order valence-electron chi connectivity index (χ4n) is 2.51. The monoisotopic (exact) mass is 337 g/mol. The molecular formula is C19H19N3O3. The van der Waals surface area contributed by atoms with E-state index >= 15 is 0 Å². The van der Waals surface area contributed by atoms with E-state index in [0.29, 0.717) is 18.8 Å². The van der Waals surface area contributed by atoms with Gasteiger partial charge in [0.2, 0.25) is 0 Å². The number of ether oxygens (including phenoxy) is 2. The number of aromatic nitrogens is 2. The normalized spacial score (nSPS) is 10.6. The topological polar surface area (TPSA) is 73.3 Å². The Labute approximate surface area is 145 Å². The number of nitrogens with zero attached hydrogens (tertiary/aromatic N) is 2. The van der Waals surface area contributed by atoms with E-state index in [1.54, 1.807) is 32.7 Å². The molecule has 0 saturated carbocycles.